The van der Waals surface area contributed by atoms with Crippen molar-refractivity contribution in [2.24, 2.45) is 11.8 Å². The Kier molecular flexibility index (Phi) is 5.07. The van der Waals surface area contributed by atoms with Crippen LogP contribution in [0.15, 0.2) is 60.7 Å². The fourth-order valence-electron chi connectivity index (χ4n) is 4.27. The molecule has 0 bridgehead atoms. The maximum atomic E-state index is 11.5. The maximum Gasteiger partial charge on any atom is 0.0709 e. The second-order valence-corrected chi connectivity index (χ2v) is 7.35. The van der Waals surface area contributed by atoms with Crippen molar-refractivity contribution < 1.29 is 5.11 Å². The number of aliphatic hydroxyl groups is 1. The van der Waals surface area contributed by atoms with E-state index in [4.69, 9.17) is 0 Å². The number of nitrogens with one attached hydrogen (secondary N) is 1. The van der Waals surface area contributed by atoms with Crippen LogP contribution in [0, 0.1) is 11.8 Å². The third kappa shape index (κ3) is 3.13. The Morgan fingerprint density at radius 2 is 1.42 bits per heavy atom. The Morgan fingerprint density at radius 1 is 0.917 bits per heavy atom. The van der Waals surface area contributed by atoms with E-state index in [9.17, 15) is 5.11 Å². The predicted octanol–water partition coefficient (Wildman–Crippen LogP) is 4.88. The zero-order valence-electron chi connectivity index (χ0n) is 14.9. The van der Waals surface area contributed by atoms with Gasteiger partial charge in [-0.2, -0.15) is 0 Å². The van der Waals surface area contributed by atoms with E-state index in [2.05, 4.69) is 73.8 Å². The van der Waals surface area contributed by atoms with E-state index in [0.29, 0.717) is 0 Å². The molecule has 1 fully saturated rings. The number of hydrogen-bond acceptors (Lipinski definition) is 2. The molecule has 0 aromatic heterocycles. The van der Waals surface area contributed by atoms with Crippen molar-refractivity contribution in [3.8, 4) is 0 Å². The van der Waals surface area contributed by atoms with Gasteiger partial charge in [-0.15, -0.1) is 0 Å². The summed E-state index contributed by atoms with van der Waals surface area (Å²) in [5.41, 5.74) is 1.81. The molecule has 3 rings (SSSR count). The van der Waals surface area contributed by atoms with Crippen LogP contribution in [0.25, 0.3) is 0 Å². The van der Waals surface area contributed by atoms with E-state index in [0.717, 1.165) is 12.8 Å². The molecule has 2 nitrogen and oxygen atoms in total. The molecule has 0 radical (unpaired) electrons. The minimum Gasteiger partial charge on any atom is -0.389 e. The molecule has 0 aliphatic carbocycles. The summed E-state index contributed by atoms with van der Waals surface area (Å²) in [6.45, 7) is 6.41. The van der Waals surface area contributed by atoms with Crippen LogP contribution in [0.5, 0.6) is 0 Å². The van der Waals surface area contributed by atoms with Crippen LogP contribution in [0.2, 0.25) is 0 Å². The zero-order valence-corrected chi connectivity index (χ0v) is 14.9. The summed E-state index contributed by atoms with van der Waals surface area (Å²) in [6.07, 6.45) is 2.10. The lowest BCUT2D eigenvalue weighted by molar-refractivity contribution is -0.105. The molecule has 2 aromatic rings. The highest BCUT2D eigenvalue weighted by Gasteiger charge is 2.49. The lowest BCUT2D eigenvalue weighted by atomic mass is 9.65. The van der Waals surface area contributed by atoms with Crippen LogP contribution < -0.4 is 5.32 Å². The Bertz CT molecular complexity index is 638. The Balaban J connectivity index is 2.01. The quantitative estimate of drug-likeness (QED) is 0.841. The molecular formula is C22H29NO. The average molecular weight is 323 g/mol. The van der Waals surface area contributed by atoms with E-state index in [-0.39, 0.29) is 23.9 Å². The van der Waals surface area contributed by atoms with Crippen molar-refractivity contribution in [1.82, 2.24) is 5.32 Å². The molecule has 1 saturated heterocycles. The van der Waals surface area contributed by atoms with E-state index < -0.39 is 5.60 Å². The van der Waals surface area contributed by atoms with Gasteiger partial charge >= 0.3 is 0 Å². The van der Waals surface area contributed by atoms with Gasteiger partial charge in [0.2, 0.25) is 0 Å². The molecule has 2 N–H and O–H groups in total. The summed E-state index contributed by atoms with van der Waals surface area (Å²) in [4.78, 5) is 0. The minimum absolute atomic E-state index is 0.149. The molecule has 128 valence electrons. The monoisotopic (exact) mass is 323 g/mol. The standard InChI is InChI=1S/C22H29NO/c1-4-11-19-21(18-14-9-6-10-15-18)23-20(16(2)22(19,3)24)17-12-7-5-8-13-17/h5-10,12-16,19-21,23-24H,4,11H2,1-3H3/t16-,19+,20-,21+,22+/m0/s1. The van der Waals surface area contributed by atoms with Crippen molar-refractivity contribution in [2.45, 2.75) is 51.3 Å². The van der Waals surface area contributed by atoms with Crippen LogP contribution in [0.1, 0.15) is 56.8 Å². The largest absolute Gasteiger partial charge is 0.389 e. The lowest BCUT2D eigenvalue weighted by Gasteiger charge is -2.52. The molecule has 1 aliphatic heterocycles. The Labute approximate surface area is 145 Å². The van der Waals surface area contributed by atoms with Gasteiger partial charge in [-0.05, 0) is 24.5 Å². The van der Waals surface area contributed by atoms with Crippen molar-refractivity contribution in [2.75, 3.05) is 0 Å². The summed E-state index contributed by atoms with van der Waals surface area (Å²) in [6, 6.07) is 21.4. The van der Waals surface area contributed by atoms with Crippen molar-refractivity contribution in [1.29, 1.82) is 0 Å². The molecule has 0 saturated carbocycles. The summed E-state index contributed by atoms with van der Waals surface area (Å²) >= 11 is 0. The van der Waals surface area contributed by atoms with Gasteiger partial charge in [-0.25, -0.2) is 0 Å². The second-order valence-electron chi connectivity index (χ2n) is 7.35. The molecular weight excluding hydrogens is 294 g/mol. The molecule has 0 spiro atoms. The fraction of sp³-hybridized carbons (Fsp3) is 0.455. The first kappa shape index (κ1) is 17.2. The smallest absolute Gasteiger partial charge is 0.0709 e. The number of piperidine rings is 1. The highest BCUT2D eigenvalue weighted by Crippen LogP contribution is 2.48. The summed E-state index contributed by atoms with van der Waals surface area (Å²) < 4.78 is 0. The van der Waals surface area contributed by atoms with Crippen LogP contribution in [-0.2, 0) is 0 Å². The van der Waals surface area contributed by atoms with Gasteiger partial charge in [0.25, 0.3) is 0 Å². The van der Waals surface area contributed by atoms with E-state index in [1.807, 2.05) is 13.0 Å². The molecule has 0 unspecified atom stereocenters. The summed E-state index contributed by atoms with van der Waals surface area (Å²) in [5.74, 6) is 0.358. The maximum absolute atomic E-state index is 11.5. The molecule has 2 heteroatoms. The highest BCUT2D eigenvalue weighted by molar-refractivity contribution is 5.27. The first-order valence-electron chi connectivity index (χ1n) is 9.14. The van der Waals surface area contributed by atoms with E-state index in [1.165, 1.54) is 11.1 Å². The van der Waals surface area contributed by atoms with Gasteiger partial charge in [0.05, 0.1) is 5.60 Å². The zero-order chi connectivity index (χ0) is 17.2. The van der Waals surface area contributed by atoms with Gasteiger partial charge in [0, 0.05) is 23.9 Å². The summed E-state index contributed by atoms with van der Waals surface area (Å²) in [7, 11) is 0. The second kappa shape index (κ2) is 7.08. The molecule has 1 heterocycles. The third-order valence-corrected chi connectivity index (χ3v) is 5.85. The van der Waals surface area contributed by atoms with Crippen LogP contribution in [0.4, 0.5) is 0 Å². The lowest BCUT2D eigenvalue weighted by Crippen LogP contribution is -2.56. The number of benzene rings is 2. The molecule has 2 aromatic carbocycles. The number of hydrogen-bond donors (Lipinski definition) is 2. The first-order chi connectivity index (χ1) is 11.6. The highest BCUT2D eigenvalue weighted by atomic mass is 16.3. The molecule has 1 aliphatic rings. The van der Waals surface area contributed by atoms with E-state index >= 15 is 0 Å². The van der Waals surface area contributed by atoms with Crippen molar-refractivity contribution in [3.63, 3.8) is 0 Å². The van der Waals surface area contributed by atoms with Crippen molar-refractivity contribution in [3.05, 3.63) is 71.8 Å². The SMILES string of the molecule is CCC[C@@H]1[C@@H](c2ccccc2)N[C@H](c2ccccc2)[C@H](C)[C@@]1(C)O. The molecule has 5 atom stereocenters. The molecule has 24 heavy (non-hydrogen) atoms. The van der Waals surface area contributed by atoms with Crippen LogP contribution >= 0.6 is 0 Å². The van der Waals surface area contributed by atoms with Gasteiger partial charge in [0.15, 0.2) is 0 Å². The van der Waals surface area contributed by atoms with Gasteiger partial charge in [0.1, 0.15) is 0 Å². The Hall–Kier alpha value is -1.64. The van der Waals surface area contributed by atoms with Gasteiger partial charge < -0.3 is 10.4 Å². The van der Waals surface area contributed by atoms with Crippen LogP contribution in [-0.4, -0.2) is 10.7 Å². The van der Waals surface area contributed by atoms with Gasteiger partial charge in [-0.1, -0.05) is 80.9 Å². The fourth-order valence-corrected chi connectivity index (χ4v) is 4.27. The summed E-state index contributed by atoms with van der Waals surface area (Å²) in [5, 5.41) is 15.3. The molecule has 0 amide bonds. The number of rotatable bonds is 4. The van der Waals surface area contributed by atoms with Crippen molar-refractivity contribution >= 4 is 0 Å². The first-order valence-corrected chi connectivity index (χ1v) is 9.14. The minimum atomic E-state index is -0.706. The van der Waals surface area contributed by atoms with Crippen LogP contribution in [0.3, 0.4) is 0 Å². The van der Waals surface area contributed by atoms with E-state index in [1.54, 1.807) is 0 Å². The normalized spacial score (nSPS) is 33.3. The predicted molar refractivity (Wildman–Crippen MR) is 99.7 cm³/mol. The Morgan fingerprint density at radius 3 is 1.92 bits per heavy atom. The van der Waals surface area contributed by atoms with Gasteiger partial charge in [-0.3, -0.25) is 0 Å². The topological polar surface area (TPSA) is 32.3 Å². The average Bonchev–Trinajstić information content (AvgIpc) is 2.61. The third-order valence-electron chi connectivity index (χ3n) is 5.85.